The lowest BCUT2D eigenvalue weighted by molar-refractivity contribution is -0.137. The van der Waals surface area contributed by atoms with Crippen molar-refractivity contribution in [3.05, 3.63) is 85.0 Å². The van der Waals surface area contributed by atoms with Crippen molar-refractivity contribution in [2.24, 2.45) is 5.16 Å². The minimum atomic E-state index is -0.983. The first-order valence-corrected chi connectivity index (χ1v) is 9.27. The highest BCUT2D eigenvalue weighted by atomic mass is 16.7. The topological polar surface area (TPSA) is 96.2 Å². The number of rotatable bonds is 7. The molecule has 0 aliphatic rings. The van der Waals surface area contributed by atoms with Crippen molar-refractivity contribution in [1.82, 2.24) is 0 Å². The first-order valence-electron chi connectivity index (χ1n) is 9.27. The predicted molar refractivity (Wildman–Crippen MR) is 118 cm³/mol. The van der Waals surface area contributed by atoms with Crippen LogP contribution in [0.1, 0.15) is 18.4 Å². The monoisotopic (exact) mass is 405 g/mol. The summed E-state index contributed by atoms with van der Waals surface area (Å²) in [6, 6.07) is 18.2. The summed E-state index contributed by atoms with van der Waals surface area (Å²) in [5.41, 5.74) is 1.09. The fourth-order valence-electron chi connectivity index (χ4n) is 2.76. The van der Waals surface area contributed by atoms with Crippen LogP contribution in [0.2, 0.25) is 0 Å². The van der Waals surface area contributed by atoms with Crippen LogP contribution in [-0.4, -0.2) is 35.0 Å². The van der Waals surface area contributed by atoms with Gasteiger partial charge in [-0.1, -0.05) is 66.8 Å². The average molecular weight is 405 g/mol. The van der Waals surface area contributed by atoms with Gasteiger partial charge in [0.05, 0.1) is 6.21 Å². The van der Waals surface area contributed by atoms with Gasteiger partial charge in [-0.25, -0.2) is 9.59 Å². The summed E-state index contributed by atoms with van der Waals surface area (Å²) in [4.78, 5) is 25.8. The fourth-order valence-corrected chi connectivity index (χ4v) is 2.76. The lowest BCUT2D eigenvalue weighted by atomic mass is 9.97. The third-order valence-corrected chi connectivity index (χ3v) is 4.24. The standard InChI is InChI=1S/C18H13NO2.C6H10O3/c1-2-18(20)21-19-12-17-15-9-5-3-7-13(15)11-14-8-4-6-10-16(14)17;1-5(6(8)9)3-2-4-7/h2-12H,1H2;7H,1-4H2,(H,8,9). The van der Waals surface area contributed by atoms with Crippen LogP contribution in [0.5, 0.6) is 0 Å². The summed E-state index contributed by atoms with van der Waals surface area (Å²) in [5, 5.41) is 24.6. The molecule has 0 aliphatic heterocycles. The SMILES string of the molecule is C=C(CCCO)C(=O)O.C=CC(=O)ON=Cc1c2ccccc2cc2ccccc12. The van der Waals surface area contributed by atoms with Gasteiger partial charge in [0.1, 0.15) is 0 Å². The van der Waals surface area contributed by atoms with Crippen LogP contribution < -0.4 is 0 Å². The Labute approximate surface area is 174 Å². The van der Waals surface area contributed by atoms with Crippen molar-refractivity contribution >= 4 is 39.7 Å². The first kappa shape index (κ1) is 22.5. The molecule has 0 aliphatic carbocycles. The molecule has 3 aromatic carbocycles. The van der Waals surface area contributed by atoms with Crippen LogP contribution in [-0.2, 0) is 14.4 Å². The predicted octanol–water partition coefficient (Wildman–Crippen LogP) is 4.46. The molecule has 0 amide bonds. The number of hydrogen-bond donors (Lipinski definition) is 2. The number of aliphatic hydroxyl groups is 1. The number of carboxylic acid groups (broad SMARTS) is 1. The molecule has 154 valence electrons. The number of fused-ring (bicyclic) bond motifs is 2. The maximum atomic E-state index is 11.1. The molecule has 0 unspecified atom stereocenters. The highest BCUT2D eigenvalue weighted by molar-refractivity contribution is 6.13. The van der Waals surface area contributed by atoms with Gasteiger partial charge in [0, 0.05) is 23.8 Å². The Morgan fingerprint density at radius 2 is 1.60 bits per heavy atom. The molecular formula is C24H23NO5. The van der Waals surface area contributed by atoms with Gasteiger partial charge in [0.2, 0.25) is 0 Å². The van der Waals surface area contributed by atoms with Crippen molar-refractivity contribution < 1.29 is 24.6 Å². The van der Waals surface area contributed by atoms with E-state index in [1.165, 1.54) is 0 Å². The Morgan fingerprint density at radius 3 is 2.10 bits per heavy atom. The van der Waals surface area contributed by atoms with E-state index in [1.54, 1.807) is 6.21 Å². The Hall–Kier alpha value is -3.77. The van der Waals surface area contributed by atoms with E-state index < -0.39 is 11.9 Å². The van der Waals surface area contributed by atoms with Gasteiger partial charge in [-0.3, -0.25) is 0 Å². The number of nitrogens with zero attached hydrogens (tertiary/aromatic N) is 1. The second-order valence-electron chi connectivity index (χ2n) is 6.32. The highest BCUT2D eigenvalue weighted by Gasteiger charge is 2.05. The summed E-state index contributed by atoms with van der Waals surface area (Å²) in [6.07, 6.45) is 3.50. The molecule has 0 fully saturated rings. The molecule has 3 rings (SSSR count). The summed E-state index contributed by atoms with van der Waals surface area (Å²) in [5.74, 6) is -1.56. The minimum Gasteiger partial charge on any atom is -0.478 e. The van der Waals surface area contributed by atoms with E-state index in [1.807, 2.05) is 36.4 Å². The zero-order chi connectivity index (χ0) is 21.9. The number of aliphatic hydroxyl groups excluding tert-OH is 1. The summed E-state index contributed by atoms with van der Waals surface area (Å²) < 4.78 is 0. The Bertz CT molecular complexity index is 1050. The zero-order valence-corrected chi connectivity index (χ0v) is 16.5. The smallest absolute Gasteiger partial charge is 0.357 e. The van der Waals surface area contributed by atoms with E-state index in [-0.39, 0.29) is 12.2 Å². The van der Waals surface area contributed by atoms with Crippen molar-refractivity contribution in [3.8, 4) is 0 Å². The number of carbonyl (C=O) groups is 2. The number of aliphatic carboxylic acids is 1. The van der Waals surface area contributed by atoms with Crippen LogP contribution in [0.15, 0.2) is 84.6 Å². The van der Waals surface area contributed by atoms with E-state index in [0.29, 0.717) is 12.8 Å². The molecule has 0 radical (unpaired) electrons. The summed E-state index contributed by atoms with van der Waals surface area (Å²) >= 11 is 0. The molecule has 0 aromatic heterocycles. The van der Waals surface area contributed by atoms with Gasteiger partial charge in [0.15, 0.2) is 0 Å². The Balaban J connectivity index is 0.000000303. The number of hydrogen-bond acceptors (Lipinski definition) is 5. The van der Waals surface area contributed by atoms with E-state index in [0.717, 1.165) is 33.2 Å². The third-order valence-electron chi connectivity index (χ3n) is 4.24. The van der Waals surface area contributed by atoms with Crippen LogP contribution in [0, 0.1) is 0 Å². The van der Waals surface area contributed by atoms with Gasteiger partial charge in [-0.2, -0.15) is 0 Å². The number of carbonyl (C=O) groups excluding carboxylic acids is 1. The van der Waals surface area contributed by atoms with Gasteiger partial charge in [0.25, 0.3) is 0 Å². The lowest BCUT2D eigenvalue weighted by Crippen LogP contribution is -1.99. The number of carboxylic acids is 1. The van der Waals surface area contributed by atoms with E-state index in [4.69, 9.17) is 15.1 Å². The minimum absolute atomic E-state index is 0.0201. The molecule has 6 nitrogen and oxygen atoms in total. The van der Waals surface area contributed by atoms with Gasteiger partial charge >= 0.3 is 11.9 Å². The van der Waals surface area contributed by atoms with Crippen LogP contribution in [0.4, 0.5) is 0 Å². The fraction of sp³-hybridized carbons (Fsp3) is 0.125. The molecule has 0 spiro atoms. The molecule has 0 atom stereocenters. The maximum Gasteiger partial charge on any atom is 0.357 e. The maximum absolute atomic E-state index is 11.1. The third kappa shape index (κ3) is 6.12. The molecule has 6 heteroatoms. The Kier molecular flexibility index (Phi) is 8.47. The summed E-state index contributed by atoms with van der Waals surface area (Å²) in [7, 11) is 0. The van der Waals surface area contributed by atoms with Crippen molar-refractivity contribution in [2.45, 2.75) is 12.8 Å². The second-order valence-corrected chi connectivity index (χ2v) is 6.32. The summed E-state index contributed by atoms with van der Waals surface area (Å²) in [6.45, 7) is 6.64. The molecule has 3 aromatic rings. The molecule has 0 bridgehead atoms. The van der Waals surface area contributed by atoms with Crippen LogP contribution in [0.3, 0.4) is 0 Å². The van der Waals surface area contributed by atoms with Crippen molar-refractivity contribution in [1.29, 1.82) is 0 Å². The zero-order valence-electron chi connectivity index (χ0n) is 16.5. The molecular weight excluding hydrogens is 382 g/mol. The van der Waals surface area contributed by atoms with Crippen molar-refractivity contribution in [2.75, 3.05) is 6.61 Å². The van der Waals surface area contributed by atoms with Gasteiger partial charge < -0.3 is 15.1 Å². The normalized spacial score (nSPS) is 10.4. The first-order chi connectivity index (χ1) is 14.5. The molecule has 2 N–H and O–H groups in total. The quantitative estimate of drug-likeness (QED) is 0.199. The van der Waals surface area contributed by atoms with Gasteiger partial charge in [-0.05, 0) is 40.5 Å². The molecule has 0 heterocycles. The van der Waals surface area contributed by atoms with Crippen LogP contribution >= 0.6 is 0 Å². The number of oxime groups is 1. The van der Waals surface area contributed by atoms with Gasteiger partial charge in [-0.15, -0.1) is 0 Å². The van der Waals surface area contributed by atoms with E-state index >= 15 is 0 Å². The average Bonchev–Trinajstić information content (AvgIpc) is 2.77. The molecule has 30 heavy (non-hydrogen) atoms. The highest BCUT2D eigenvalue weighted by Crippen LogP contribution is 2.27. The van der Waals surface area contributed by atoms with Crippen molar-refractivity contribution in [3.63, 3.8) is 0 Å². The molecule has 0 saturated carbocycles. The molecule has 0 saturated heterocycles. The Morgan fingerprint density at radius 1 is 1.03 bits per heavy atom. The van der Waals surface area contributed by atoms with Crippen LogP contribution in [0.25, 0.3) is 21.5 Å². The lowest BCUT2D eigenvalue weighted by Gasteiger charge is -2.07. The number of benzene rings is 3. The van der Waals surface area contributed by atoms with E-state index in [9.17, 15) is 9.59 Å². The largest absolute Gasteiger partial charge is 0.478 e. The van der Waals surface area contributed by atoms with E-state index in [2.05, 4.69) is 36.5 Å². The second kappa shape index (κ2) is 11.3.